The molecule has 0 saturated carbocycles. The fourth-order valence-electron chi connectivity index (χ4n) is 3.41. The second kappa shape index (κ2) is 9.61. The molecule has 0 spiro atoms. The van der Waals surface area contributed by atoms with Crippen molar-refractivity contribution in [3.8, 4) is 0 Å². The summed E-state index contributed by atoms with van der Waals surface area (Å²) in [5, 5.41) is 3.42. The molecular formula is C25H24N6O. The van der Waals surface area contributed by atoms with Crippen LogP contribution in [0.25, 0.3) is 0 Å². The lowest BCUT2D eigenvalue weighted by Gasteiger charge is -2.22. The molecule has 0 atom stereocenters. The molecule has 0 aliphatic carbocycles. The Hall–Kier alpha value is -4.39. The zero-order valence-corrected chi connectivity index (χ0v) is 17.6. The van der Waals surface area contributed by atoms with Crippen molar-refractivity contribution in [3.05, 3.63) is 114 Å². The van der Waals surface area contributed by atoms with Crippen molar-refractivity contribution >= 4 is 23.2 Å². The zero-order chi connectivity index (χ0) is 22.3. The summed E-state index contributed by atoms with van der Waals surface area (Å²) < 4.78 is 0. The molecule has 1 aromatic heterocycles. The number of hydrazine groups is 1. The molecule has 32 heavy (non-hydrogen) atoms. The van der Waals surface area contributed by atoms with Crippen LogP contribution in [0.15, 0.2) is 91.3 Å². The third-order valence-corrected chi connectivity index (χ3v) is 5.11. The van der Waals surface area contributed by atoms with Crippen LogP contribution in [0.4, 0.5) is 17.3 Å². The van der Waals surface area contributed by atoms with Gasteiger partial charge in [-0.2, -0.15) is 0 Å². The SMILES string of the molecule is Cc1ccccc1C(=O)NNc1ncnc(NC(c2ccccc2)c2ccccc2)c1N. The predicted molar refractivity (Wildman–Crippen MR) is 127 cm³/mol. The van der Waals surface area contributed by atoms with Crippen molar-refractivity contribution in [1.29, 1.82) is 0 Å². The van der Waals surface area contributed by atoms with Gasteiger partial charge in [0.15, 0.2) is 11.6 Å². The molecule has 3 aromatic carbocycles. The highest BCUT2D eigenvalue weighted by Gasteiger charge is 2.18. The molecule has 1 amide bonds. The minimum Gasteiger partial charge on any atom is -0.393 e. The van der Waals surface area contributed by atoms with Gasteiger partial charge in [0.1, 0.15) is 12.0 Å². The number of nitrogens with one attached hydrogen (secondary N) is 3. The highest BCUT2D eigenvalue weighted by molar-refractivity contribution is 5.96. The van der Waals surface area contributed by atoms with E-state index in [1.54, 1.807) is 6.07 Å². The van der Waals surface area contributed by atoms with E-state index >= 15 is 0 Å². The number of benzene rings is 3. The summed E-state index contributed by atoms with van der Waals surface area (Å²) in [6, 6.07) is 27.3. The van der Waals surface area contributed by atoms with E-state index in [-0.39, 0.29) is 11.9 Å². The van der Waals surface area contributed by atoms with Gasteiger partial charge in [0, 0.05) is 5.56 Å². The van der Waals surface area contributed by atoms with Crippen molar-refractivity contribution < 1.29 is 4.79 Å². The average Bonchev–Trinajstić information content (AvgIpc) is 2.84. The van der Waals surface area contributed by atoms with E-state index in [9.17, 15) is 4.79 Å². The molecule has 0 aliphatic rings. The normalized spacial score (nSPS) is 10.6. The highest BCUT2D eigenvalue weighted by Crippen LogP contribution is 2.30. The Morgan fingerprint density at radius 1 is 0.812 bits per heavy atom. The molecule has 160 valence electrons. The number of nitrogen functional groups attached to an aromatic ring is 1. The van der Waals surface area contributed by atoms with E-state index in [2.05, 4.69) is 26.1 Å². The molecule has 0 bridgehead atoms. The van der Waals surface area contributed by atoms with Crippen LogP contribution >= 0.6 is 0 Å². The Bertz CT molecular complexity index is 1160. The smallest absolute Gasteiger partial charge is 0.269 e. The molecule has 0 aliphatic heterocycles. The second-order valence-corrected chi connectivity index (χ2v) is 7.28. The first-order valence-corrected chi connectivity index (χ1v) is 10.2. The van der Waals surface area contributed by atoms with E-state index in [0.717, 1.165) is 16.7 Å². The van der Waals surface area contributed by atoms with E-state index in [1.807, 2.05) is 85.8 Å². The molecule has 1 heterocycles. The Morgan fingerprint density at radius 3 is 2.00 bits per heavy atom. The third-order valence-electron chi connectivity index (χ3n) is 5.11. The van der Waals surface area contributed by atoms with Gasteiger partial charge >= 0.3 is 0 Å². The van der Waals surface area contributed by atoms with Crippen LogP contribution < -0.4 is 21.9 Å². The maximum atomic E-state index is 12.5. The van der Waals surface area contributed by atoms with E-state index < -0.39 is 0 Å². The van der Waals surface area contributed by atoms with Crippen LogP contribution in [0, 0.1) is 6.92 Å². The summed E-state index contributed by atoms with van der Waals surface area (Å²) in [4.78, 5) is 21.0. The molecule has 0 saturated heterocycles. The summed E-state index contributed by atoms with van der Waals surface area (Å²) >= 11 is 0. The van der Waals surface area contributed by atoms with Crippen LogP contribution in [0.3, 0.4) is 0 Å². The first-order chi connectivity index (χ1) is 15.6. The van der Waals surface area contributed by atoms with E-state index in [1.165, 1.54) is 6.33 Å². The fourth-order valence-corrected chi connectivity index (χ4v) is 3.41. The van der Waals surface area contributed by atoms with Crippen LogP contribution in [0.5, 0.6) is 0 Å². The van der Waals surface area contributed by atoms with Crippen LogP contribution in [0.1, 0.15) is 33.1 Å². The summed E-state index contributed by atoms with van der Waals surface area (Å²) in [6.45, 7) is 1.88. The molecule has 5 N–H and O–H groups in total. The summed E-state index contributed by atoms with van der Waals surface area (Å²) in [6.07, 6.45) is 1.40. The minimum atomic E-state index is -0.276. The van der Waals surface area contributed by atoms with Gasteiger partial charge in [0.2, 0.25) is 0 Å². The third kappa shape index (κ3) is 4.67. The lowest BCUT2D eigenvalue weighted by molar-refractivity contribution is 0.0962. The van der Waals surface area contributed by atoms with Gasteiger partial charge in [-0.05, 0) is 29.7 Å². The van der Waals surface area contributed by atoms with Crippen LogP contribution in [-0.4, -0.2) is 15.9 Å². The number of nitrogens with zero attached hydrogens (tertiary/aromatic N) is 2. The Morgan fingerprint density at radius 2 is 1.38 bits per heavy atom. The number of nitrogens with two attached hydrogens (primary N) is 1. The van der Waals surface area contributed by atoms with Gasteiger partial charge in [0.05, 0.1) is 6.04 Å². The Kier molecular flexibility index (Phi) is 6.27. The first-order valence-electron chi connectivity index (χ1n) is 10.2. The maximum Gasteiger partial charge on any atom is 0.269 e. The second-order valence-electron chi connectivity index (χ2n) is 7.28. The van der Waals surface area contributed by atoms with Crippen molar-refractivity contribution in [2.24, 2.45) is 0 Å². The monoisotopic (exact) mass is 424 g/mol. The molecule has 7 nitrogen and oxygen atoms in total. The van der Waals surface area contributed by atoms with Crippen molar-refractivity contribution in [1.82, 2.24) is 15.4 Å². The zero-order valence-electron chi connectivity index (χ0n) is 17.6. The number of aromatic nitrogens is 2. The van der Waals surface area contributed by atoms with Gasteiger partial charge in [0.25, 0.3) is 5.91 Å². The number of aryl methyl sites for hydroxylation is 1. The molecule has 0 fully saturated rings. The van der Waals surface area contributed by atoms with Gasteiger partial charge in [-0.15, -0.1) is 0 Å². The molecule has 0 radical (unpaired) electrons. The van der Waals surface area contributed by atoms with Crippen LogP contribution in [0.2, 0.25) is 0 Å². The standard InChI is InChI=1S/C25H24N6O/c1-17-10-8-9-15-20(17)25(32)31-30-24-21(26)23(27-16-28-24)29-22(18-11-4-2-5-12-18)19-13-6-3-7-14-19/h2-16,22H,26H2,1H3,(H,31,32)(H2,27,28,29,30). The number of hydrogen-bond donors (Lipinski definition) is 4. The summed E-state index contributed by atoms with van der Waals surface area (Å²) in [5.74, 6) is 0.497. The summed E-state index contributed by atoms with van der Waals surface area (Å²) in [7, 11) is 0. The molecule has 4 aromatic rings. The molecular weight excluding hydrogens is 400 g/mol. The first kappa shape index (κ1) is 20.9. The highest BCUT2D eigenvalue weighted by atomic mass is 16.2. The van der Waals surface area contributed by atoms with Gasteiger partial charge < -0.3 is 11.1 Å². The molecule has 7 heteroatoms. The summed E-state index contributed by atoms with van der Waals surface area (Å²) in [5.41, 5.74) is 15.7. The predicted octanol–water partition coefficient (Wildman–Crippen LogP) is 4.33. The van der Waals surface area contributed by atoms with Crippen molar-refractivity contribution in [3.63, 3.8) is 0 Å². The number of amides is 1. The number of hydrogen-bond acceptors (Lipinski definition) is 6. The Balaban J connectivity index is 1.56. The van der Waals surface area contributed by atoms with Crippen LogP contribution in [-0.2, 0) is 0 Å². The largest absolute Gasteiger partial charge is 0.393 e. The Labute approximate surface area is 186 Å². The number of carbonyl (C=O) groups excluding carboxylic acids is 1. The van der Waals surface area contributed by atoms with E-state index in [4.69, 9.17) is 5.73 Å². The lowest BCUT2D eigenvalue weighted by Crippen LogP contribution is -2.31. The van der Waals surface area contributed by atoms with E-state index in [0.29, 0.717) is 22.9 Å². The lowest BCUT2D eigenvalue weighted by atomic mass is 9.99. The van der Waals surface area contributed by atoms with Gasteiger partial charge in [-0.1, -0.05) is 78.9 Å². The molecule has 0 unspecified atom stereocenters. The average molecular weight is 425 g/mol. The molecule has 4 rings (SSSR count). The van der Waals surface area contributed by atoms with Crippen molar-refractivity contribution in [2.75, 3.05) is 16.5 Å². The number of anilines is 3. The van der Waals surface area contributed by atoms with Crippen molar-refractivity contribution in [2.45, 2.75) is 13.0 Å². The fraction of sp³-hybridized carbons (Fsp3) is 0.0800. The topological polar surface area (TPSA) is 105 Å². The minimum absolute atomic E-state index is 0.163. The van der Waals surface area contributed by atoms with Gasteiger partial charge in [-0.25, -0.2) is 9.97 Å². The maximum absolute atomic E-state index is 12.5. The number of carbonyl (C=O) groups is 1. The quantitative estimate of drug-likeness (QED) is 0.329. The van der Waals surface area contributed by atoms with Gasteiger partial charge in [-0.3, -0.25) is 15.6 Å². The number of rotatable bonds is 7.